The van der Waals surface area contributed by atoms with Gasteiger partial charge >= 0.3 is 15.6 Å². The fraction of sp³-hybridized carbons (Fsp3) is 0.412. The van der Waals surface area contributed by atoms with E-state index < -0.39 is 23.7 Å². The van der Waals surface area contributed by atoms with Crippen LogP contribution in [0, 0.1) is 0 Å². The molecule has 9 heteroatoms. The fourth-order valence-electron chi connectivity index (χ4n) is 3.55. The van der Waals surface area contributed by atoms with Crippen molar-refractivity contribution in [1.29, 1.82) is 0 Å². The number of rotatable bonds is 6. The van der Waals surface area contributed by atoms with E-state index in [0.717, 1.165) is 4.50 Å². The SMILES string of the molecule is CC(C)[Si](c1cccs1)(c1ccccc1OS(=O)(=O)C(F)(F)F)C(C)C. The Morgan fingerprint density at radius 1 is 1.00 bits per heavy atom. The zero-order chi connectivity index (χ0) is 19.8. The summed E-state index contributed by atoms with van der Waals surface area (Å²) < 4.78 is 67.4. The fourth-order valence-corrected chi connectivity index (χ4v) is 12.6. The van der Waals surface area contributed by atoms with E-state index >= 15 is 0 Å². The summed E-state index contributed by atoms with van der Waals surface area (Å²) in [7, 11) is -8.32. The van der Waals surface area contributed by atoms with Gasteiger partial charge < -0.3 is 4.18 Å². The second kappa shape index (κ2) is 7.36. The summed E-state index contributed by atoms with van der Waals surface area (Å²) in [5, 5.41) is 2.50. The van der Waals surface area contributed by atoms with Gasteiger partial charge in [-0.25, -0.2) is 0 Å². The second-order valence-corrected chi connectivity index (χ2v) is 14.6. The minimum absolute atomic E-state index is 0.125. The smallest absolute Gasteiger partial charge is 0.376 e. The molecule has 0 aliphatic heterocycles. The van der Waals surface area contributed by atoms with Crippen molar-refractivity contribution in [3.8, 4) is 5.75 Å². The third-order valence-corrected chi connectivity index (χ3v) is 13.5. The molecule has 2 rings (SSSR count). The van der Waals surface area contributed by atoms with Crippen molar-refractivity contribution in [3.05, 3.63) is 41.8 Å². The van der Waals surface area contributed by atoms with Gasteiger partial charge in [-0.3, -0.25) is 0 Å². The Balaban J connectivity index is 2.73. The van der Waals surface area contributed by atoms with E-state index in [1.807, 2.05) is 45.2 Å². The zero-order valence-electron chi connectivity index (χ0n) is 14.9. The highest BCUT2D eigenvalue weighted by atomic mass is 32.2. The van der Waals surface area contributed by atoms with Crippen LogP contribution in [0.5, 0.6) is 5.75 Å². The number of hydrogen-bond acceptors (Lipinski definition) is 4. The van der Waals surface area contributed by atoms with Gasteiger partial charge in [0, 0.05) is 0 Å². The molecule has 0 amide bonds. The predicted molar refractivity (Wildman–Crippen MR) is 102 cm³/mol. The molecule has 0 saturated heterocycles. The Hall–Kier alpha value is -1.32. The lowest BCUT2D eigenvalue weighted by Crippen LogP contribution is -2.62. The van der Waals surface area contributed by atoms with Crippen LogP contribution in [0.1, 0.15) is 27.7 Å². The number of hydrogen-bond donors (Lipinski definition) is 0. The van der Waals surface area contributed by atoms with Gasteiger partial charge in [0.2, 0.25) is 0 Å². The van der Waals surface area contributed by atoms with E-state index in [4.69, 9.17) is 0 Å². The molecule has 1 aromatic carbocycles. The Bertz CT molecular complexity index is 836. The van der Waals surface area contributed by atoms with Gasteiger partial charge in [0.1, 0.15) is 13.8 Å². The van der Waals surface area contributed by atoms with Gasteiger partial charge in [-0.2, -0.15) is 32.9 Å². The summed E-state index contributed by atoms with van der Waals surface area (Å²) in [6, 6.07) is 10.1. The van der Waals surface area contributed by atoms with E-state index in [0.29, 0.717) is 5.19 Å². The molecule has 0 spiro atoms. The zero-order valence-corrected chi connectivity index (χ0v) is 17.5. The van der Waals surface area contributed by atoms with Gasteiger partial charge in [0.25, 0.3) is 0 Å². The summed E-state index contributed by atoms with van der Waals surface area (Å²) in [6.45, 7) is 8.12. The third-order valence-electron chi connectivity index (χ3n) is 4.57. The Morgan fingerprint density at radius 3 is 2.04 bits per heavy atom. The molecule has 2 aromatic rings. The molecule has 0 saturated carbocycles. The topological polar surface area (TPSA) is 43.4 Å². The van der Waals surface area contributed by atoms with Gasteiger partial charge in [-0.15, -0.1) is 0 Å². The van der Waals surface area contributed by atoms with E-state index in [9.17, 15) is 21.6 Å². The maximum absolute atomic E-state index is 12.8. The molecule has 1 heterocycles. The first-order chi connectivity index (χ1) is 11.9. The van der Waals surface area contributed by atoms with Crippen LogP contribution in [-0.4, -0.2) is 22.0 Å². The Kier molecular flexibility index (Phi) is 5.94. The average Bonchev–Trinajstić information content (AvgIpc) is 3.02. The summed E-state index contributed by atoms with van der Waals surface area (Å²) >= 11 is 1.55. The molecule has 0 radical (unpaired) electrons. The lowest BCUT2D eigenvalue weighted by Gasteiger charge is -2.39. The number of alkyl halides is 3. The second-order valence-electron chi connectivity index (χ2n) is 6.64. The standard InChI is InChI=1S/C17H21F3O3S2Si/c1-12(2)26(13(3)4,16-10-7-11-24-16)15-9-6-5-8-14(15)23-25(21,22)17(18,19)20/h5-13H,1-4H3. The molecule has 0 aliphatic carbocycles. The quantitative estimate of drug-likeness (QED) is 0.395. The highest BCUT2D eigenvalue weighted by Crippen LogP contribution is 2.36. The summed E-state index contributed by atoms with van der Waals surface area (Å²) in [5.41, 5.74) is -5.22. The van der Waals surface area contributed by atoms with Crippen LogP contribution in [0.4, 0.5) is 13.2 Å². The van der Waals surface area contributed by atoms with Crippen molar-refractivity contribution in [3.63, 3.8) is 0 Å². The molecule has 26 heavy (non-hydrogen) atoms. The van der Waals surface area contributed by atoms with Crippen molar-refractivity contribution in [2.75, 3.05) is 0 Å². The van der Waals surface area contributed by atoms with Crippen molar-refractivity contribution in [1.82, 2.24) is 0 Å². The van der Waals surface area contributed by atoms with Crippen molar-refractivity contribution < 1.29 is 25.8 Å². The third kappa shape index (κ3) is 3.56. The number of para-hydroxylation sites is 1. The summed E-state index contributed by atoms with van der Waals surface area (Å²) in [6.07, 6.45) is 0. The largest absolute Gasteiger partial charge is 0.534 e. The van der Waals surface area contributed by atoms with Crippen LogP contribution < -0.4 is 13.9 Å². The molecule has 0 N–H and O–H groups in total. The lowest BCUT2D eigenvalue weighted by atomic mass is 10.3. The maximum Gasteiger partial charge on any atom is 0.534 e. The van der Waals surface area contributed by atoms with Crippen molar-refractivity contribution in [2.24, 2.45) is 0 Å². The molecule has 144 valence electrons. The van der Waals surface area contributed by atoms with E-state index in [1.54, 1.807) is 23.5 Å². The lowest BCUT2D eigenvalue weighted by molar-refractivity contribution is -0.0499. The first kappa shape index (κ1) is 21.0. The summed E-state index contributed by atoms with van der Waals surface area (Å²) in [4.78, 5) is 0. The van der Waals surface area contributed by atoms with Crippen LogP contribution >= 0.6 is 11.3 Å². The molecule has 1 aromatic heterocycles. The molecular weight excluding hydrogens is 401 g/mol. The van der Waals surface area contributed by atoms with Crippen LogP contribution in [0.2, 0.25) is 11.1 Å². The van der Waals surface area contributed by atoms with Gasteiger partial charge in [-0.1, -0.05) is 58.0 Å². The molecule has 0 atom stereocenters. The monoisotopic (exact) mass is 422 g/mol. The van der Waals surface area contributed by atoms with Crippen LogP contribution in [-0.2, 0) is 10.1 Å². The number of thiophene rings is 1. The van der Waals surface area contributed by atoms with Crippen LogP contribution in [0.3, 0.4) is 0 Å². The molecule has 0 bridgehead atoms. The average molecular weight is 423 g/mol. The Labute approximate surface area is 157 Å². The van der Waals surface area contributed by atoms with E-state index in [-0.39, 0.29) is 16.8 Å². The van der Waals surface area contributed by atoms with Gasteiger partial charge in [-0.05, 0) is 32.2 Å². The minimum Gasteiger partial charge on any atom is -0.376 e. The molecular formula is C17H21F3O3S2Si. The first-order valence-electron chi connectivity index (χ1n) is 8.08. The van der Waals surface area contributed by atoms with E-state index in [2.05, 4.69) is 4.18 Å². The normalized spacial score (nSPS) is 13.4. The molecule has 0 fully saturated rings. The molecule has 0 unspecified atom stereocenters. The first-order valence-corrected chi connectivity index (χ1v) is 12.5. The van der Waals surface area contributed by atoms with Crippen LogP contribution in [0.25, 0.3) is 0 Å². The predicted octanol–water partition coefficient (Wildman–Crippen LogP) is 4.36. The number of benzene rings is 1. The minimum atomic E-state index is -5.73. The van der Waals surface area contributed by atoms with Crippen molar-refractivity contribution >= 4 is 39.2 Å². The highest BCUT2D eigenvalue weighted by Gasteiger charge is 2.51. The van der Waals surface area contributed by atoms with E-state index in [1.165, 1.54) is 12.1 Å². The molecule has 3 nitrogen and oxygen atoms in total. The molecule has 0 aliphatic rings. The Morgan fingerprint density at radius 2 is 1.58 bits per heavy atom. The van der Waals surface area contributed by atoms with Crippen molar-refractivity contribution in [2.45, 2.75) is 44.3 Å². The summed E-state index contributed by atoms with van der Waals surface area (Å²) in [5.74, 6) is -0.229. The van der Waals surface area contributed by atoms with Gasteiger partial charge in [0.05, 0.1) is 0 Å². The highest BCUT2D eigenvalue weighted by molar-refractivity contribution is 7.88. The maximum atomic E-state index is 12.8. The number of halogens is 3. The van der Waals surface area contributed by atoms with Crippen LogP contribution in [0.15, 0.2) is 41.8 Å². The van der Waals surface area contributed by atoms with Gasteiger partial charge in [0.15, 0.2) is 0 Å².